The van der Waals surface area contributed by atoms with Gasteiger partial charge in [0.05, 0.1) is 12.6 Å². The van der Waals surface area contributed by atoms with Gasteiger partial charge in [-0.1, -0.05) is 0 Å². The number of carbonyl (C=O) groups excluding carboxylic acids is 1. The molecule has 1 saturated heterocycles. The molecule has 148 valence electrons. The normalized spacial score (nSPS) is 38.4. The summed E-state index contributed by atoms with van der Waals surface area (Å²) < 4.78 is 0. The molecule has 6 rings (SSSR count). The van der Waals surface area contributed by atoms with Crippen molar-refractivity contribution in [2.45, 2.75) is 68.5 Å². The number of hydrogen-bond acceptors (Lipinski definition) is 6. The van der Waals surface area contributed by atoms with Crippen molar-refractivity contribution in [1.29, 1.82) is 5.26 Å². The van der Waals surface area contributed by atoms with Crippen LogP contribution in [-0.2, 0) is 4.79 Å². The molecule has 28 heavy (non-hydrogen) atoms. The smallest absolute Gasteiger partial charge is 0.237 e. The summed E-state index contributed by atoms with van der Waals surface area (Å²) in [5, 5.41) is 16.6. The van der Waals surface area contributed by atoms with E-state index in [-0.39, 0.29) is 23.0 Å². The molecule has 0 aromatic carbocycles. The van der Waals surface area contributed by atoms with Crippen molar-refractivity contribution in [1.82, 2.24) is 20.2 Å². The number of anilines is 1. The highest BCUT2D eigenvalue weighted by atomic mass is 16.2. The van der Waals surface area contributed by atoms with Crippen molar-refractivity contribution in [3.05, 3.63) is 18.5 Å². The first-order chi connectivity index (χ1) is 13.6. The number of nitriles is 1. The third kappa shape index (κ3) is 3.14. The Morgan fingerprint density at radius 2 is 1.93 bits per heavy atom. The molecule has 1 aromatic heterocycles. The van der Waals surface area contributed by atoms with Crippen LogP contribution in [0.25, 0.3) is 0 Å². The average molecular weight is 380 g/mol. The molecule has 7 nitrogen and oxygen atoms in total. The van der Waals surface area contributed by atoms with E-state index in [1.807, 2.05) is 6.07 Å². The van der Waals surface area contributed by atoms with E-state index in [4.69, 9.17) is 0 Å². The van der Waals surface area contributed by atoms with Crippen molar-refractivity contribution in [3.63, 3.8) is 0 Å². The van der Waals surface area contributed by atoms with E-state index in [1.165, 1.54) is 19.3 Å². The maximum absolute atomic E-state index is 12.8. The lowest BCUT2D eigenvalue weighted by molar-refractivity contribution is -0.131. The van der Waals surface area contributed by atoms with Crippen molar-refractivity contribution >= 4 is 11.9 Å². The number of aromatic nitrogens is 2. The zero-order valence-electron chi connectivity index (χ0n) is 16.2. The van der Waals surface area contributed by atoms with E-state index in [0.717, 1.165) is 32.1 Å². The molecule has 2 heterocycles. The largest absolute Gasteiger partial charge is 0.349 e. The molecule has 4 aliphatic carbocycles. The van der Waals surface area contributed by atoms with Crippen molar-refractivity contribution in [2.75, 3.05) is 18.4 Å². The quantitative estimate of drug-likeness (QED) is 0.812. The van der Waals surface area contributed by atoms with Crippen LogP contribution in [0.15, 0.2) is 18.5 Å². The standard InChI is InChI=1S/C21H28N6O/c22-12-17-3-1-6-27(17)18(28)13-25-20-8-15-7-16(9-20)11-21(10-15,14-20)26-19-23-4-2-5-24-19/h2,4-5,15-17,25H,1,3,6-11,13-14H2,(H,23,24,26)/t15?,16?,17-,20?,21?/m0/s1. The van der Waals surface area contributed by atoms with Gasteiger partial charge in [-0.05, 0) is 69.3 Å². The lowest BCUT2D eigenvalue weighted by atomic mass is 9.50. The van der Waals surface area contributed by atoms with E-state index in [0.29, 0.717) is 30.9 Å². The summed E-state index contributed by atoms with van der Waals surface area (Å²) in [7, 11) is 0. The Hall–Kier alpha value is -2.20. The van der Waals surface area contributed by atoms with Gasteiger partial charge in [0.2, 0.25) is 11.9 Å². The molecule has 0 radical (unpaired) electrons. The average Bonchev–Trinajstić information content (AvgIpc) is 3.14. The molecule has 5 fully saturated rings. The minimum atomic E-state index is -0.242. The van der Waals surface area contributed by atoms with E-state index >= 15 is 0 Å². The van der Waals surface area contributed by atoms with E-state index in [2.05, 4.69) is 26.7 Å². The summed E-state index contributed by atoms with van der Waals surface area (Å²) in [6, 6.07) is 3.87. The van der Waals surface area contributed by atoms with Gasteiger partial charge in [0.25, 0.3) is 0 Å². The number of rotatable bonds is 5. The summed E-state index contributed by atoms with van der Waals surface area (Å²) in [4.78, 5) is 23.3. The van der Waals surface area contributed by atoms with E-state index in [9.17, 15) is 10.1 Å². The highest BCUT2D eigenvalue weighted by Crippen LogP contribution is 2.58. The number of nitrogens with zero attached hydrogens (tertiary/aromatic N) is 4. The number of hydrogen-bond donors (Lipinski definition) is 2. The van der Waals surface area contributed by atoms with Gasteiger partial charge in [0.1, 0.15) is 6.04 Å². The lowest BCUT2D eigenvalue weighted by Gasteiger charge is -2.62. The first-order valence-electron chi connectivity index (χ1n) is 10.6. The Morgan fingerprint density at radius 3 is 2.64 bits per heavy atom. The summed E-state index contributed by atoms with van der Waals surface area (Å²) in [5.74, 6) is 2.18. The molecule has 5 aliphatic rings. The topological polar surface area (TPSA) is 93.9 Å². The Kier molecular flexibility index (Phi) is 4.27. The van der Waals surface area contributed by atoms with E-state index in [1.54, 1.807) is 17.3 Å². The molecule has 7 heteroatoms. The number of amides is 1. The maximum Gasteiger partial charge on any atom is 0.237 e. The van der Waals surface area contributed by atoms with Crippen LogP contribution >= 0.6 is 0 Å². The lowest BCUT2D eigenvalue weighted by Crippen LogP contribution is -2.67. The zero-order chi connectivity index (χ0) is 19.2. The number of nitrogens with one attached hydrogen (secondary N) is 2. The predicted molar refractivity (Wildman–Crippen MR) is 104 cm³/mol. The predicted octanol–water partition coefficient (Wildman–Crippen LogP) is 2.08. The highest BCUT2D eigenvalue weighted by Gasteiger charge is 2.58. The third-order valence-corrected chi connectivity index (χ3v) is 7.34. The fourth-order valence-corrected chi connectivity index (χ4v) is 6.78. The fourth-order valence-electron chi connectivity index (χ4n) is 6.78. The van der Waals surface area contributed by atoms with Crippen LogP contribution in [0, 0.1) is 23.2 Å². The second kappa shape index (κ2) is 6.70. The molecule has 0 spiro atoms. The molecule has 1 aliphatic heterocycles. The van der Waals surface area contributed by atoms with E-state index < -0.39 is 0 Å². The highest BCUT2D eigenvalue weighted by molar-refractivity contribution is 5.79. The third-order valence-electron chi connectivity index (χ3n) is 7.34. The Bertz CT molecular complexity index is 776. The summed E-state index contributed by atoms with van der Waals surface area (Å²) in [6.45, 7) is 1.06. The van der Waals surface area contributed by atoms with Crippen molar-refractivity contribution in [2.24, 2.45) is 11.8 Å². The first kappa shape index (κ1) is 17.9. The molecular weight excluding hydrogens is 352 g/mol. The molecule has 2 unspecified atom stereocenters. The minimum absolute atomic E-state index is 0.0172. The van der Waals surface area contributed by atoms with Crippen LogP contribution in [0.2, 0.25) is 0 Å². The van der Waals surface area contributed by atoms with Crippen LogP contribution < -0.4 is 10.6 Å². The molecule has 1 amide bonds. The SMILES string of the molecule is N#C[C@@H]1CCCN1C(=O)CNC12CC3CC(C1)CC(Nc1ncccn1)(C3)C2. The van der Waals surface area contributed by atoms with Gasteiger partial charge >= 0.3 is 0 Å². The monoisotopic (exact) mass is 380 g/mol. The van der Waals surface area contributed by atoms with Gasteiger partial charge in [0.15, 0.2) is 0 Å². The zero-order valence-corrected chi connectivity index (χ0v) is 16.2. The molecule has 4 bridgehead atoms. The molecule has 1 aromatic rings. The van der Waals surface area contributed by atoms with Gasteiger partial charge in [-0.15, -0.1) is 0 Å². The van der Waals surface area contributed by atoms with Gasteiger partial charge < -0.3 is 15.5 Å². The summed E-state index contributed by atoms with van der Waals surface area (Å²) >= 11 is 0. The van der Waals surface area contributed by atoms with Gasteiger partial charge in [-0.2, -0.15) is 5.26 Å². The van der Waals surface area contributed by atoms with Crippen LogP contribution in [0.3, 0.4) is 0 Å². The maximum atomic E-state index is 12.8. The van der Waals surface area contributed by atoms with Gasteiger partial charge in [0, 0.05) is 30.0 Å². The molecule has 4 saturated carbocycles. The van der Waals surface area contributed by atoms with Crippen LogP contribution in [0.5, 0.6) is 0 Å². The second-order valence-electron chi connectivity index (χ2n) is 9.45. The minimum Gasteiger partial charge on any atom is -0.349 e. The van der Waals surface area contributed by atoms with Crippen LogP contribution in [-0.4, -0.2) is 51.0 Å². The second-order valence-corrected chi connectivity index (χ2v) is 9.45. The van der Waals surface area contributed by atoms with Gasteiger partial charge in [-0.25, -0.2) is 9.97 Å². The fraction of sp³-hybridized carbons (Fsp3) is 0.714. The first-order valence-corrected chi connectivity index (χ1v) is 10.6. The Morgan fingerprint density at radius 1 is 1.21 bits per heavy atom. The molecular formula is C21H28N6O. The van der Waals surface area contributed by atoms with Crippen LogP contribution in [0.4, 0.5) is 5.95 Å². The number of carbonyl (C=O) groups is 1. The van der Waals surface area contributed by atoms with Gasteiger partial charge in [-0.3, -0.25) is 4.79 Å². The van der Waals surface area contributed by atoms with Crippen LogP contribution in [0.1, 0.15) is 51.4 Å². The molecule has 3 atom stereocenters. The Balaban J connectivity index is 1.30. The summed E-state index contributed by atoms with van der Waals surface area (Å²) in [5.41, 5.74) is 0.0493. The molecule has 2 N–H and O–H groups in total. The van der Waals surface area contributed by atoms with Crippen molar-refractivity contribution in [3.8, 4) is 6.07 Å². The number of likely N-dealkylation sites (tertiary alicyclic amines) is 1. The van der Waals surface area contributed by atoms with Crippen molar-refractivity contribution < 1.29 is 4.79 Å². The summed E-state index contributed by atoms with van der Waals surface area (Å²) in [6.07, 6.45) is 12.3. The Labute approximate surface area is 165 Å².